The third-order valence-corrected chi connectivity index (χ3v) is 3.98. The summed E-state index contributed by atoms with van der Waals surface area (Å²) in [5.74, 6) is -0.686. The Morgan fingerprint density at radius 3 is 2.46 bits per heavy atom. The van der Waals surface area contributed by atoms with Gasteiger partial charge in [-0.3, -0.25) is 4.79 Å². The van der Waals surface area contributed by atoms with Gasteiger partial charge in [0, 0.05) is 18.7 Å². The van der Waals surface area contributed by atoms with Crippen LogP contribution in [0.5, 0.6) is 5.75 Å². The van der Waals surface area contributed by atoms with Gasteiger partial charge in [0.2, 0.25) is 5.43 Å². The van der Waals surface area contributed by atoms with Crippen molar-refractivity contribution in [3.05, 3.63) is 63.6 Å². The van der Waals surface area contributed by atoms with E-state index in [0.29, 0.717) is 18.5 Å². The third-order valence-electron chi connectivity index (χ3n) is 3.98. The van der Waals surface area contributed by atoms with E-state index in [0.717, 1.165) is 11.1 Å². The van der Waals surface area contributed by atoms with Crippen molar-refractivity contribution in [3.8, 4) is 5.75 Å². The van der Waals surface area contributed by atoms with Gasteiger partial charge in [0.05, 0.1) is 12.3 Å². The molecule has 1 unspecified atom stereocenters. The number of rotatable bonds is 6. The average molecular weight is 329 g/mol. The molecule has 1 heterocycles. The summed E-state index contributed by atoms with van der Waals surface area (Å²) in [6.45, 7) is 5.90. The molecular formula is C19H23NO4. The first-order valence-electron chi connectivity index (χ1n) is 8.13. The maximum atomic E-state index is 12.2. The first kappa shape index (κ1) is 17.8. The number of aromatic nitrogens is 1. The lowest BCUT2D eigenvalue weighted by Gasteiger charge is -2.22. The molecule has 2 rings (SSSR count). The van der Waals surface area contributed by atoms with Gasteiger partial charge in [0.25, 0.3) is 0 Å². The molecule has 0 amide bonds. The molecule has 0 spiro atoms. The molecule has 0 aliphatic carbocycles. The summed E-state index contributed by atoms with van der Waals surface area (Å²) < 4.78 is 6.77. The van der Waals surface area contributed by atoms with Gasteiger partial charge in [-0.05, 0) is 25.8 Å². The van der Waals surface area contributed by atoms with E-state index in [1.807, 2.05) is 38.1 Å². The average Bonchev–Trinajstić information content (AvgIpc) is 2.56. The number of hydrogen-bond acceptors (Lipinski definition) is 4. The van der Waals surface area contributed by atoms with Crippen molar-refractivity contribution in [1.29, 1.82) is 0 Å². The quantitative estimate of drug-likeness (QED) is 0.827. The molecule has 1 atom stereocenters. The second-order valence-electron chi connectivity index (χ2n) is 5.72. The van der Waals surface area contributed by atoms with Gasteiger partial charge in [0.15, 0.2) is 5.75 Å². The van der Waals surface area contributed by atoms with Crippen LogP contribution >= 0.6 is 0 Å². The number of esters is 1. The van der Waals surface area contributed by atoms with Crippen molar-refractivity contribution < 1.29 is 14.6 Å². The summed E-state index contributed by atoms with van der Waals surface area (Å²) in [7, 11) is 0. The Morgan fingerprint density at radius 2 is 1.88 bits per heavy atom. The number of carbonyl (C=O) groups excluding carboxylic acids is 1. The van der Waals surface area contributed by atoms with Crippen molar-refractivity contribution in [3.63, 3.8) is 0 Å². The molecular weight excluding hydrogens is 306 g/mol. The number of nitrogens with zero attached hydrogens (tertiary/aromatic N) is 1. The van der Waals surface area contributed by atoms with E-state index in [2.05, 4.69) is 0 Å². The maximum Gasteiger partial charge on any atom is 0.329 e. The fourth-order valence-corrected chi connectivity index (χ4v) is 2.66. The van der Waals surface area contributed by atoms with Crippen LogP contribution in [0.4, 0.5) is 0 Å². The molecule has 0 radical (unpaired) electrons. The molecule has 2 aromatic rings. The zero-order valence-corrected chi connectivity index (χ0v) is 14.3. The Kier molecular flexibility index (Phi) is 5.79. The van der Waals surface area contributed by atoms with Gasteiger partial charge >= 0.3 is 5.97 Å². The normalized spacial score (nSPS) is 12.0. The Labute approximate surface area is 141 Å². The van der Waals surface area contributed by atoms with Crippen LogP contribution < -0.4 is 5.43 Å². The molecule has 0 aliphatic rings. The van der Waals surface area contributed by atoms with Gasteiger partial charge in [0.1, 0.15) is 6.04 Å². The molecule has 0 saturated carbocycles. The lowest BCUT2D eigenvalue weighted by Crippen LogP contribution is -2.25. The van der Waals surface area contributed by atoms with Gasteiger partial charge < -0.3 is 14.4 Å². The van der Waals surface area contributed by atoms with Crippen LogP contribution in [0, 0.1) is 6.92 Å². The van der Waals surface area contributed by atoms with E-state index in [1.165, 1.54) is 6.07 Å². The number of benzene rings is 1. The molecule has 1 N–H and O–H groups in total. The molecule has 5 heteroatoms. The summed E-state index contributed by atoms with van der Waals surface area (Å²) in [4.78, 5) is 24.1. The number of aryl methyl sites for hydroxylation is 1. The summed E-state index contributed by atoms with van der Waals surface area (Å²) in [6, 6.07) is 8.54. The second kappa shape index (κ2) is 7.81. The van der Waals surface area contributed by atoms with E-state index in [1.54, 1.807) is 17.7 Å². The fourth-order valence-electron chi connectivity index (χ4n) is 2.66. The molecule has 1 aromatic carbocycles. The van der Waals surface area contributed by atoms with Gasteiger partial charge in [-0.2, -0.15) is 0 Å². The highest BCUT2D eigenvalue weighted by Crippen LogP contribution is 2.23. The highest BCUT2D eigenvalue weighted by Gasteiger charge is 2.23. The Bertz CT molecular complexity index is 762. The van der Waals surface area contributed by atoms with E-state index in [9.17, 15) is 14.7 Å². The van der Waals surface area contributed by atoms with Crippen molar-refractivity contribution in [1.82, 2.24) is 4.57 Å². The molecule has 5 nitrogen and oxygen atoms in total. The van der Waals surface area contributed by atoms with Gasteiger partial charge in [-0.25, -0.2) is 4.79 Å². The van der Waals surface area contributed by atoms with E-state index in [-0.39, 0.29) is 18.3 Å². The zero-order chi connectivity index (χ0) is 17.7. The Hall–Kier alpha value is -2.56. The van der Waals surface area contributed by atoms with Crippen LogP contribution in [0.2, 0.25) is 0 Å². The standard InChI is InChI=1S/C19H23NO4/c1-4-15(19(23)24-5-2)20-11-10-17(21)18(22)16(20)12-14-8-6-13(3)7-9-14/h6-11,15,22H,4-5,12H2,1-3H3. The summed E-state index contributed by atoms with van der Waals surface area (Å²) in [5.41, 5.74) is 2.05. The van der Waals surface area contributed by atoms with Gasteiger partial charge in [-0.15, -0.1) is 0 Å². The minimum atomic E-state index is -0.572. The van der Waals surface area contributed by atoms with Crippen LogP contribution in [0.15, 0.2) is 41.3 Å². The first-order chi connectivity index (χ1) is 11.5. The van der Waals surface area contributed by atoms with Crippen LogP contribution in [0.1, 0.15) is 43.1 Å². The molecule has 128 valence electrons. The summed E-state index contributed by atoms with van der Waals surface area (Å²) in [6.07, 6.45) is 2.41. The van der Waals surface area contributed by atoms with Crippen LogP contribution in [-0.4, -0.2) is 22.2 Å². The SMILES string of the molecule is CCOC(=O)C(CC)n1ccc(=O)c(O)c1Cc1ccc(C)cc1. The molecule has 0 aliphatic heterocycles. The first-order valence-corrected chi connectivity index (χ1v) is 8.13. The van der Waals surface area contributed by atoms with E-state index < -0.39 is 11.5 Å². The minimum Gasteiger partial charge on any atom is -0.503 e. The second-order valence-corrected chi connectivity index (χ2v) is 5.72. The monoisotopic (exact) mass is 329 g/mol. The number of pyridine rings is 1. The van der Waals surface area contributed by atoms with Crippen molar-refractivity contribution in [2.24, 2.45) is 0 Å². The Morgan fingerprint density at radius 1 is 1.21 bits per heavy atom. The predicted molar refractivity (Wildman–Crippen MR) is 92.3 cm³/mol. The van der Waals surface area contributed by atoms with Crippen molar-refractivity contribution in [2.75, 3.05) is 6.61 Å². The smallest absolute Gasteiger partial charge is 0.329 e. The number of hydrogen-bond donors (Lipinski definition) is 1. The van der Waals surface area contributed by atoms with Gasteiger partial charge in [-0.1, -0.05) is 36.8 Å². The maximum absolute atomic E-state index is 12.2. The van der Waals surface area contributed by atoms with E-state index in [4.69, 9.17) is 4.74 Å². The predicted octanol–water partition coefficient (Wildman–Crippen LogP) is 2.97. The van der Waals surface area contributed by atoms with Crippen LogP contribution in [0.3, 0.4) is 0 Å². The lowest BCUT2D eigenvalue weighted by atomic mass is 10.0. The van der Waals surface area contributed by atoms with Crippen LogP contribution in [-0.2, 0) is 16.0 Å². The van der Waals surface area contributed by atoms with Crippen molar-refractivity contribution >= 4 is 5.97 Å². The minimum absolute atomic E-state index is 0.287. The molecule has 0 saturated heterocycles. The molecule has 0 fully saturated rings. The number of ether oxygens (including phenoxy) is 1. The van der Waals surface area contributed by atoms with Crippen LogP contribution in [0.25, 0.3) is 0 Å². The largest absolute Gasteiger partial charge is 0.503 e. The summed E-state index contributed by atoms with van der Waals surface area (Å²) in [5, 5.41) is 10.3. The summed E-state index contributed by atoms with van der Waals surface area (Å²) >= 11 is 0. The number of carbonyl (C=O) groups is 1. The highest BCUT2D eigenvalue weighted by molar-refractivity contribution is 5.74. The molecule has 1 aromatic heterocycles. The van der Waals surface area contributed by atoms with E-state index >= 15 is 0 Å². The number of aromatic hydroxyl groups is 1. The van der Waals surface area contributed by atoms with Crippen molar-refractivity contribution in [2.45, 2.75) is 39.7 Å². The third kappa shape index (κ3) is 3.85. The molecule has 24 heavy (non-hydrogen) atoms. The zero-order valence-electron chi connectivity index (χ0n) is 14.3. The molecule has 0 bridgehead atoms. The fraction of sp³-hybridized carbons (Fsp3) is 0.368. The lowest BCUT2D eigenvalue weighted by molar-refractivity contribution is -0.147. The Balaban J connectivity index is 2.48. The highest BCUT2D eigenvalue weighted by atomic mass is 16.5. The topological polar surface area (TPSA) is 68.5 Å².